The van der Waals surface area contributed by atoms with Crippen molar-refractivity contribution in [3.8, 4) is 0 Å². The van der Waals surface area contributed by atoms with Crippen molar-refractivity contribution < 1.29 is 9.90 Å². The van der Waals surface area contributed by atoms with E-state index in [9.17, 15) is 9.90 Å². The fraction of sp³-hybridized carbons (Fsp3) is 0.462. The number of rotatable bonds is 2. The topological polar surface area (TPSA) is 40.5 Å². The van der Waals surface area contributed by atoms with E-state index in [0.717, 1.165) is 37.9 Å². The highest BCUT2D eigenvalue weighted by atomic mass is 16.3. The number of anilines is 1. The minimum absolute atomic E-state index is 0.529. The van der Waals surface area contributed by atoms with Crippen molar-refractivity contribution in [1.29, 1.82) is 0 Å². The first-order valence-electron chi connectivity index (χ1n) is 5.63. The van der Waals surface area contributed by atoms with Crippen LogP contribution in [0.2, 0.25) is 0 Å². The lowest BCUT2D eigenvalue weighted by Crippen LogP contribution is -2.42. The summed E-state index contributed by atoms with van der Waals surface area (Å²) >= 11 is 0. The Balaban J connectivity index is 2.11. The zero-order valence-electron chi connectivity index (χ0n) is 9.52. The van der Waals surface area contributed by atoms with Gasteiger partial charge in [0.05, 0.1) is 5.60 Å². The lowest BCUT2D eigenvalue weighted by Gasteiger charge is -2.37. The van der Waals surface area contributed by atoms with Crippen LogP contribution in [0, 0.1) is 0 Å². The van der Waals surface area contributed by atoms with Crippen LogP contribution in [-0.4, -0.2) is 30.1 Å². The molecule has 0 radical (unpaired) electrons. The summed E-state index contributed by atoms with van der Waals surface area (Å²) in [6.45, 7) is 3.57. The molecular weight excluding hydrogens is 202 g/mol. The van der Waals surface area contributed by atoms with Gasteiger partial charge in [-0.05, 0) is 31.9 Å². The normalized spacial score (nSPS) is 19.5. The Morgan fingerprint density at radius 2 is 2.06 bits per heavy atom. The zero-order valence-corrected chi connectivity index (χ0v) is 9.52. The Hall–Kier alpha value is -1.35. The van der Waals surface area contributed by atoms with Gasteiger partial charge in [-0.2, -0.15) is 0 Å². The van der Waals surface area contributed by atoms with E-state index in [0.29, 0.717) is 5.56 Å². The summed E-state index contributed by atoms with van der Waals surface area (Å²) in [5.41, 5.74) is 1.24. The number of hydrogen-bond acceptors (Lipinski definition) is 3. The standard InChI is InChI=1S/C13H17NO2/c1-13(16)5-7-14(8-6-13)12-4-2-3-11(9-12)10-15/h2-4,9-10,16H,5-8H2,1H3. The van der Waals surface area contributed by atoms with Crippen molar-refractivity contribution in [3.63, 3.8) is 0 Å². The monoisotopic (exact) mass is 219 g/mol. The number of carbonyl (C=O) groups is 1. The van der Waals surface area contributed by atoms with E-state index in [1.165, 1.54) is 0 Å². The quantitative estimate of drug-likeness (QED) is 0.772. The van der Waals surface area contributed by atoms with E-state index in [-0.39, 0.29) is 0 Å². The molecule has 86 valence electrons. The molecule has 3 nitrogen and oxygen atoms in total. The number of nitrogens with zero attached hydrogens (tertiary/aromatic N) is 1. The molecule has 16 heavy (non-hydrogen) atoms. The van der Waals surface area contributed by atoms with Gasteiger partial charge in [-0.15, -0.1) is 0 Å². The van der Waals surface area contributed by atoms with E-state index in [4.69, 9.17) is 0 Å². The van der Waals surface area contributed by atoms with E-state index < -0.39 is 5.60 Å². The van der Waals surface area contributed by atoms with Crippen LogP contribution < -0.4 is 4.90 Å². The smallest absolute Gasteiger partial charge is 0.150 e. The molecule has 1 N–H and O–H groups in total. The number of aliphatic hydroxyl groups is 1. The van der Waals surface area contributed by atoms with Crippen LogP contribution in [-0.2, 0) is 0 Å². The molecule has 1 saturated heterocycles. The molecular formula is C13H17NO2. The molecule has 1 heterocycles. The molecule has 0 aliphatic carbocycles. The SMILES string of the molecule is CC1(O)CCN(c2cccc(C=O)c2)CC1. The predicted molar refractivity (Wildman–Crippen MR) is 63.9 cm³/mol. The molecule has 1 fully saturated rings. The molecule has 3 heteroatoms. The van der Waals surface area contributed by atoms with Crippen molar-refractivity contribution >= 4 is 12.0 Å². The molecule has 0 atom stereocenters. The van der Waals surface area contributed by atoms with Gasteiger partial charge in [0.25, 0.3) is 0 Å². The van der Waals surface area contributed by atoms with Crippen molar-refractivity contribution in [2.75, 3.05) is 18.0 Å². The fourth-order valence-corrected chi connectivity index (χ4v) is 2.04. The third-order valence-electron chi connectivity index (χ3n) is 3.21. The van der Waals surface area contributed by atoms with E-state index in [2.05, 4.69) is 4.90 Å². The second-order valence-corrected chi connectivity index (χ2v) is 4.70. The summed E-state index contributed by atoms with van der Waals surface area (Å²) in [6.07, 6.45) is 2.42. The van der Waals surface area contributed by atoms with E-state index in [1.54, 1.807) is 6.07 Å². The second kappa shape index (κ2) is 4.26. The molecule has 2 rings (SSSR count). The average molecular weight is 219 g/mol. The number of hydrogen-bond donors (Lipinski definition) is 1. The summed E-state index contributed by atoms with van der Waals surface area (Å²) in [7, 11) is 0. The lowest BCUT2D eigenvalue weighted by molar-refractivity contribution is 0.0351. The largest absolute Gasteiger partial charge is 0.390 e. The summed E-state index contributed by atoms with van der Waals surface area (Å²) in [4.78, 5) is 12.9. The Morgan fingerprint density at radius 3 is 2.69 bits per heavy atom. The second-order valence-electron chi connectivity index (χ2n) is 4.70. The highest BCUT2D eigenvalue weighted by molar-refractivity contribution is 5.77. The van der Waals surface area contributed by atoms with Gasteiger partial charge in [-0.1, -0.05) is 12.1 Å². The van der Waals surface area contributed by atoms with Crippen molar-refractivity contribution in [1.82, 2.24) is 0 Å². The van der Waals surface area contributed by atoms with Gasteiger partial charge in [0.15, 0.2) is 0 Å². The minimum atomic E-state index is -0.529. The predicted octanol–water partition coefficient (Wildman–Crippen LogP) is 1.85. The van der Waals surface area contributed by atoms with Crippen LogP contribution >= 0.6 is 0 Å². The maximum atomic E-state index is 10.7. The summed E-state index contributed by atoms with van der Waals surface area (Å²) in [6, 6.07) is 7.60. The first kappa shape index (κ1) is 11.1. The van der Waals surface area contributed by atoms with Crippen LogP contribution in [0.5, 0.6) is 0 Å². The number of carbonyl (C=O) groups excluding carboxylic acids is 1. The highest BCUT2D eigenvalue weighted by Gasteiger charge is 2.27. The Labute approximate surface area is 95.7 Å². The van der Waals surface area contributed by atoms with Gasteiger partial charge < -0.3 is 10.0 Å². The van der Waals surface area contributed by atoms with Gasteiger partial charge in [0, 0.05) is 24.3 Å². The zero-order chi connectivity index (χ0) is 11.6. The molecule has 0 amide bonds. The molecule has 1 aliphatic heterocycles. The first-order valence-corrected chi connectivity index (χ1v) is 5.63. The Morgan fingerprint density at radius 1 is 1.38 bits per heavy atom. The third kappa shape index (κ3) is 2.42. The average Bonchev–Trinajstić information content (AvgIpc) is 2.29. The molecule has 0 bridgehead atoms. The molecule has 0 unspecified atom stereocenters. The van der Waals surface area contributed by atoms with Gasteiger partial charge in [-0.3, -0.25) is 4.79 Å². The maximum Gasteiger partial charge on any atom is 0.150 e. The van der Waals surface area contributed by atoms with Crippen molar-refractivity contribution in [2.45, 2.75) is 25.4 Å². The van der Waals surface area contributed by atoms with Crippen molar-refractivity contribution in [3.05, 3.63) is 29.8 Å². The van der Waals surface area contributed by atoms with Gasteiger partial charge in [-0.25, -0.2) is 0 Å². The van der Waals surface area contributed by atoms with Crippen molar-refractivity contribution in [2.24, 2.45) is 0 Å². The van der Waals surface area contributed by atoms with Crippen LogP contribution in [0.25, 0.3) is 0 Å². The van der Waals surface area contributed by atoms with Crippen LogP contribution in [0.4, 0.5) is 5.69 Å². The van der Waals surface area contributed by atoms with Crippen LogP contribution in [0.15, 0.2) is 24.3 Å². The number of benzene rings is 1. The molecule has 1 aromatic rings. The van der Waals surface area contributed by atoms with E-state index in [1.807, 2.05) is 25.1 Å². The maximum absolute atomic E-state index is 10.7. The van der Waals surface area contributed by atoms with Gasteiger partial charge >= 0.3 is 0 Å². The summed E-state index contributed by atoms with van der Waals surface area (Å²) < 4.78 is 0. The summed E-state index contributed by atoms with van der Waals surface area (Å²) in [5.74, 6) is 0. The van der Waals surface area contributed by atoms with Crippen LogP contribution in [0.3, 0.4) is 0 Å². The molecule has 1 aromatic carbocycles. The number of piperidine rings is 1. The molecule has 0 spiro atoms. The minimum Gasteiger partial charge on any atom is -0.390 e. The fourth-order valence-electron chi connectivity index (χ4n) is 2.04. The van der Waals surface area contributed by atoms with Gasteiger partial charge in [0.2, 0.25) is 0 Å². The first-order chi connectivity index (χ1) is 7.61. The Kier molecular flexibility index (Phi) is 2.97. The van der Waals surface area contributed by atoms with E-state index >= 15 is 0 Å². The third-order valence-corrected chi connectivity index (χ3v) is 3.21. The highest BCUT2D eigenvalue weighted by Crippen LogP contribution is 2.25. The molecule has 1 aliphatic rings. The number of aldehydes is 1. The van der Waals surface area contributed by atoms with Gasteiger partial charge in [0.1, 0.15) is 6.29 Å². The summed E-state index contributed by atoms with van der Waals surface area (Å²) in [5, 5.41) is 9.86. The lowest BCUT2D eigenvalue weighted by atomic mass is 9.93. The molecule has 0 aromatic heterocycles. The molecule has 0 saturated carbocycles. The Bertz CT molecular complexity index is 377. The van der Waals surface area contributed by atoms with Crippen LogP contribution in [0.1, 0.15) is 30.1 Å².